The van der Waals surface area contributed by atoms with Crippen LogP contribution in [0.2, 0.25) is 0 Å². The summed E-state index contributed by atoms with van der Waals surface area (Å²) in [5, 5.41) is 19.4. The molecule has 0 fully saturated rings. The van der Waals surface area contributed by atoms with E-state index in [4.69, 9.17) is 4.74 Å². The van der Waals surface area contributed by atoms with Crippen LogP contribution in [0.3, 0.4) is 0 Å². The molecule has 30 heavy (non-hydrogen) atoms. The molecule has 1 heterocycles. The van der Waals surface area contributed by atoms with Crippen molar-refractivity contribution < 1.29 is 19.2 Å². The molecule has 3 rings (SSSR count). The number of carbonyl (C=O) groups excluding carboxylic acids is 2. The van der Waals surface area contributed by atoms with E-state index in [2.05, 4.69) is 10.4 Å². The molecule has 0 aromatic heterocycles. The minimum Gasteiger partial charge on any atom is -0.493 e. The van der Waals surface area contributed by atoms with Crippen molar-refractivity contribution in [2.75, 3.05) is 16.9 Å². The molecule has 0 radical (unpaired) electrons. The average molecular weight is 408 g/mol. The molecule has 1 N–H and O–H groups in total. The van der Waals surface area contributed by atoms with Crippen molar-refractivity contribution >= 4 is 40.7 Å². The lowest BCUT2D eigenvalue weighted by Crippen LogP contribution is -2.21. The summed E-state index contributed by atoms with van der Waals surface area (Å²) in [7, 11) is 0. The summed E-state index contributed by atoms with van der Waals surface area (Å²) in [4.78, 5) is 34.8. The van der Waals surface area contributed by atoms with Gasteiger partial charge >= 0.3 is 0 Å². The van der Waals surface area contributed by atoms with E-state index >= 15 is 0 Å². The van der Waals surface area contributed by atoms with Gasteiger partial charge in [0.15, 0.2) is 0 Å². The number of nitro benzene ring substituents is 1. The van der Waals surface area contributed by atoms with Crippen LogP contribution in [-0.2, 0) is 9.59 Å². The van der Waals surface area contributed by atoms with Crippen LogP contribution in [0.1, 0.15) is 26.3 Å². The molecule has 0 spiro atoms. The number of nitrogens with zero attached hydrogens (tertiary/aromatic N) is 3. The van der Waals surface area contributed by atoms with Gasteiger partial charge in [-0.05, 0) is 50.3 Å². The number of non-ortho nitro benzene ring substituents is 1. The predicted molar refractivity (Wildman–Crippen MR) is 114 cm³/mol. The third kappa shape index (κ3) is 4.35. The summed E-state index contributed by atoms with van der Waals surface area (Å²) in [6, 6.07) is 10.9. The number of benzene rings is 2. The average Bonchev–Trinajstić information content (AvgIpc) is 2.97. The summed E-state index contributed by atoms with van der Waals surface area (Å²) in [6.45, 7) is 5.28. The van der Waals surface area contributed by atoms with Crippen molar-refractivity contribution in [3.8, 4) is 5.75 Å². The van der Waals surface area contributed by atoms with Crippen molar-refractivity contribution in [2.45, 2.75) is 20.8 Å². The standard InChI is InChI=1S/C21H20N4O5/c1-4-30-20-10-9-18(25(28)29)11-15(20)12-19-13(2)23-24(21(19)27)17-7-5-16(6-8-17)22-14(3)26/h5-12H,4H2,1-3H3,(H,22,26)/b19-12+. The number of carbonyl (C=O) groups is 2. The Morgan fingerprint density at radius 1 is 1.27 bits per heavy atom. The molecule has 154 valence electrons. The van der Waals surface area contributed by atoms with E-state index in [9.17, 15) is 19.7 Å². The van der Waals surface area contributed by atoms with Crippen molar-refractivity contribution in [1.82, 2.24) is 0 Å². The summed E-state index contributed by atoms with van der Waals surface area (Å²) >= 11 is 0. The molecule has 9 heteroatoms. The first-order chi connectivity index (χ1) is 14.3. The lowest BCUT2D eigenvalue weighted by atomic mass is 10.1. The highest BCUT2D eigenvalue weighted by molar-refractivity contribution is 6.32. The first-order valence-electron chi connectivity index (χ1n) is 9.20. The summed E-state index contributed by atoms with van der Waals surface area (Å²) in [5.41, 5.74) is 2.23. The molecule has 1 aliphatic heterocycles. The molecule has 0 unspecified atom stereocenters. The van der Waals surface area contributed by atoms with E-state index in [0.717, 1.165) is 0 Å². The van der Waals surface area contributed by atoms with Crippen LogP contribution in [0.5, 0.6) is 5.75 Å². The second-order valence-corrected chi connectivity index (χ2v) is 6.50. The van der Waals surface area contributed by atoms with Crippen LogP contribution >= 0.6 is 0 Å². The Hall–Kier alpha value is -4.01. The zero-order chi connectivity index (χ0) is 21.8. The van der Waals surface area contributed by atoms with E-state index in [1.165, 1.54) is 30.1 Å². The normalized spacial score (nSPS) is 14.6. The number of hydrogen-bond acceptors (Lipinski definition) is 6. The number of anilines is 2. The first-order valence-corrected chi connectivity index (χ1v) is 9.20. The monoisotopic (exact) mass is 408 g/mol. The van der Waals surface area contributed by atoms with Gasteiger partial charge in [-0.25, -0.2) is 0 Å². The Kier molecular flexibility index (Phi) is 5.91. The van der Waals surface area contributed by atoms with Gasteiger partial charge in [0.1, 0.15) is 5.75 Å². The molecule has 0 bridgehead atoms. The summed E-state index contributed by atoms with van der Waals surface area (Å²) in [5.74, 6) is -0.121. The van der Waals surface area contributed by atoms with Crippen LogP contribution in [0.25, 0.3) is 6.08 Å². The topological polar surface area (TPSA) is 114 Å². The highest BCUT2D eigenvalue weighted by Gasteiger charge is 2.29. The van der Waals surface area contributed by atoms with Crippen molar-refractivity contribution in [3.05, 3.63) is 63.7 Å². The SMILES string of the molecule is CCOc1ccc([N+](=O)[O-])cc1/C=C1/C(=O)N(c2ccc(NC(C)=O)cc2)N=C1C. The fourth-order valence-corrected chi connectivity index (χ4v) is 2.95. The van der Waals surface area contributed by atoms with Gasteiger partial charge in [-0.3, -0.25) is 19.7 Å². The van der Waals surface area contributed by atoms with E-state index in [-0.39, 0.29) is 17.5 Å². The summed E-state index contributed by atoms with van der Waals surface area (Å²) < 4.78 is 5.54. The van der Waals surface area contributed by atoms with Gasteiger partial charge in [0.05, 0.1) is 28.5 Å². The Morgan fingerprint density at radius 2 is 1.97 bits per heavy atom. The maximum Gasteiger partial charge on any atom is 0.280 e. The molecule has 0 atom stereocenters. The highest BCUT2D eigenvalue weighted by atomic mass is 16.6. The Balaban J connectivity index is 1.94. The number of rotatable bonds is 6. The molecule has 2 aromatic rings. The lowest BCUT2D eigenvalue weighted by molar-refractivity contribution is -0.384. The maximum absolute atomic E-state index is 13.0. The fraction of sp³-hybridized carbons (Fsp3) is 0.190. The molecule has 0 saturated heterocycles. The Labute approximate surface area is 172 Å². The van der Waals surface area contributed by atoms with Gasteiger partial charge in [0.2, 0.25) is 5.91 Å². The predicted octanol–water partition coefficient (Wildman–Crippen LogP) is 3.76. The first kappa shape index (κ1) is 20.7. The molecular formula is C21H20N4O5. The smallest absolute Gasteiger partial charge is 0.280 e. The minimum absolute atomic E-state index is 0.101. The minimum atomic E-state index is -0.502. The van der Waals surface area contributed by atoms with Gasteiger partial charge in [0.25, 0.3) is 11.6 Å². The van der Waals surface area contributed by atoms with Crippen molar-refractivity contribution in [3.63, 3.8) is 0 Å². The van der Waals surface area contributed by atoms with Gasteiger partial charge in [-0.15, -0.1) is 0 Å². The molecule has 0 aliphatic carbocycles. The lowest BCUT2D eigenvalue weighted by Gasteiger charge is -2.13. The van der Waals surface area contributed by atoms with Crippen molar-refractivity contribution in [2.24, 2.45) is 5.10 Å². The van der Waals surface area contributed by atoms with Crippen LogP contribution in [0, 0.1) is 10.1 Å². The number of ether oxygens (including phenoxy) is 1. The third-order valence-corrected chi connectivity index (χ3v) is 4.30. The summed E-state index contributed by atoms with van der Waals surface area (Å²) in [6.07, 6.45) is 1.55. The molecular weight excluding hydrogens is 388 g/mol. The van der Waals surface area contributed by atoms with Gasteiger partial charge in [-0.1, -0.05) is 0 Å². The third-order valence-electron chi connectivity index (χ3n) is 4.30. The van der Waals surface area contributed by atoms with Gasteiger partial charge in [0, 0.05) is 30.3 Å². The number of nitro groups is 1. The maximum atomic E-state index is 13.0. The quantitative estimate of drug-likeness (QED) is 0.444. The Bertz CT molecular complexity index is 1070. The van der Waals surface area contributed by atoms with Gasteiger partial charge < -0.3 is 10.1 Å². The molecule has 2 amide bonds. The molecule has 2 aromatic carbocycles. The van der Waals surface area contributed by atoms with E-state index in [0.29, 0.717) is 40.6 Å². The molecule has 1 aliphatic rings. The van der Waals surface area contributed by atoms with Crippen LogP contribution in [0.15, 0.2) is 53.1 Å². The van der Waals surface area contributed by atoms with Gasteiger partial charge in [-0.2, -0.15) is 10.1 Å². The molecule has 0 saturated carbocycles. The largest absolute Gasteiger partial charge is 0.493 e. The van der Waals surface area contributed by atoms with E-state index < -0.39 is 4.92 Å². The number of hydrazone groups is 1. The number of amides is 2. The second kappa shape index (κ2) is 8.56. The number of hydrogen-bond donors (Lipinski definition) is 1. The Morgan fingerprint density at radius 3 is 2.57 bits per heavy atom. The highest BCUT2D eigenvalue weighted by Crippen LogP contribution is 2.30. The molecule has 9 nitrogen and oxygen atoms in total. The van der Waals surface area contributed by atoms with Crippen LogP contribution in [-0.4, -0.2) is 29.1 Å². The van der Waals surface area contributed by atoms with E-state index in [1.54, 1.807) is 44.2 Å². The zero-order valence-corrected chi connectivity index (χ0v) is 16.7. The van der Waals surface area contributed by atoms with Crippen LogP contribution < -0.4 is 15.1 Å². The second-order valence-electron chi connectivity index (χ2n) is 6.50. The zero-order valence-electron chi connectivity index (χ0n) is 16.7. The van der Waals surface area contributed by atoms with Crippen LogP contribution in [0.4, 0.5) is 17.1 Å². The van der Waals surface area contributed by atoms with E-state index in [1.807, 2.05) is 0 Å². The van der Waals surface area contributed by atoms with Crippen molar-refractivity contribution in [1.29, 1.82) is 0 Å². The fourth-order valence-electron chi connectivity index (χ4n) is 2.95. The number of nitrogens with one attached hydrogen (secondary N) is 1.